The highest BCUT2D eigenvalue weighted by Crippen LogP contribution is 2.28. The van der Waals surface area contributed by atoms with Crippen LogP contribution in [0.15, 0.2) is 83.8 Å². The molecule has 8 nitrogen and oxygen atoms in total. The molecule has 176 valence electrons. The van der Waals surface area contributed by atoms with Crippen molar-refractivity contribution < 1.29 is 31.7 Å². The molecule has 1 unspecified atom stereocenters. The van der Waals surface area contributed by atoms with Crippen molar-refractivity contribution >= 4 is 27.7 Å². The number of nitrogens with zero attached hydrogens (tertiary/aromatic N) is 1. The Hall–Kier alpha value is -3.85. The van der Waals surface area contributed by atoms with E-state index in [9.17, 15) is 18.0 Å². The third-order valence-corrected chi connectivity index (χ3v) is 6.61. The third-order valence-electron chi connectivity index (χ3n) is 5.35. The Morgan fingerprint density at radius 1 is 0.941 bits per heavy atom. The van der Waals surface area contributed by atoms with Crippen LogP contribution in [0.1, 0.15) is 16.8 Å². The average Bonchev–Trinajstić information content (AvgIpc) is 3.23. The summed E-state index contributed by atoms with van der Waals surface area (Å²) in [7, 11) is -2.61. The van der Waals surface area contributed by atoms with Crippen molar-refractivity contribution in [2.75, 3.05) is 25.2 Å². The number of anilines is 1. The topological polar surface area (TPSA) is 99.2 Å². The van der Waals surface area contributed by atoms with E-state index in [2.05, 4.69) is 4.74 Å². The Labute approximate surface area is 197 Å². The largest absolute Gasteiger partial charge is 0.493 e. The molecule has 0 radical (unpaired) electrons. The Morgan fingerprint density at radius 3 is 2.24 bits per heavy atom. The van der Waals surface area contributed by atoms with Crippen LogP contribution in [-0.4, -0.2) is 40.6 Å². The number of hydrogen-bond donors (Lipinski definition) is 0. The number of methoxy groups -OCH3 is 1. The molecule has 1 amide bonds. The van der Waals surface area contributed by atoms with E-state index in [4.69, 9.17) is 8.92 Å². The third kappa shape index (κ3) is 5.37. The number of esters is 1. The molecular weight excluding hydrogens is 458 g/mol. The lowest BCUT2D eigenvalue weighted by Crippen LogP contribution is -2.25. The van der Waals surface area contributed by atoms with Crippen molar-refractivity contribution in [3.05, 3.63) is 84.4 Å². The Kier molecular flexibility index (Phi) is 6.83. The van der Waals surface area contributed by atoms with Crippen LogP contribution in [0, 0.1) is 5.92 Å². The summed E-state index contributed by atoms with van der Waals surface area (Å²) in [5.41, 5.74) is 1.08. The molecule has 1 saturated heterocycles. The second-order valence-corrected chi connectivity index (χ2v) is 9.29. The van der Waals surface area contributed by atoms with Gasteiger partial charge in [0.25, 0.3) is 0 Å². The molecule has 3 aromatic carbocycles. The maximum atomic E-state index is 12.5. The van der Waals surface area contributed by atoms with Gasteiger partial charge in [0.15, 0.2) is 0 Å². The zero-order valence-electron chi connectivity index (χ0n) is 18.4. The fraction of sp³-hybridized carbons (Fsp3) is 0.200. The number of hydrogen-bond acceptors (Lipinski definition) is 7. The molecule has 1 fully saturated rings. The molecule has 0 saturated carbocycles. The maximum Gasteiger partial charge on any atom is 0.339 e. The highest BCUT2D eigenvalue weighted by molar-refractivity contribution is 7.87. The summed E-state index contributed by atoms with van der Waals surface area (Å²) in [6, 6.07) is 20.8. The molecule has 0 aromatic heterocycles. The summed E-state index contributed by atoms with van der Waals surface area (Å²) in [4.78, 5) is 25.8. The van der Waals surface area contributed by atoms with E-state index >= 15 is 0 Å². The number of ether oxygens (including phenoxy) is 2. The van der Waals surface area contributed by atoms with Gasteiger partial charge in [0.05, 0.1) is 19.3 Å². The fourth-order valence-corrected chi connectivity index (χ4v) is 4.56. The highest BCUT2D eigenvalue weighted by atomic mass is 32.2. The number of carbonyl (C=O) groups excluding carboxylic acids is 2. The standard InChI is InChI=1S/C25H23NO7S/c1-31-25(28)19-7-11-21(12-8-19)32-17-18-15-24(27)26(16-18)20-9-13-22(14-10-20)33-34(29,30)23-5-3-2-4-6-23/h2-14,18H,15-17H2,1H3. The van der Waals surface area contributed by atoms with Crippen molar-refractivity contribution in [2.24, 2.45) is 5.92 Å². The molecule has 0 spiro atoms. The number of carbonyl (C=O) groups is 2. The van der Waals surface area contributed by atoms with Gasteiger partial charge in [-0.1, -0.05) is 18.2 Å². The van der Waals surface area contributed by atoms with Crippen LogP contribution in [0.2, 0.25) is 0 Å². The van der Waals surface area contributed by atoms with Crippen LogP contribution in [-0.2, 0) is 19.6 Å². The minimum Gasteiger partial charge on any atom is -0.493 e. The van der Waals surface area contributed by atoms with E-state index in [1.807, 2.05) is 0 Å². The Bertz CT molecular complexity index is 1260. The predicted octanol–water partition coefficient (Wildman–Crippen LogP) is 3.67. The van der Waals surface area contributed by atoms with Crippen molar-refractivity contribution in [1.82, 2.24) is 0 Å². The monoisotopic (exact) mass is 481 g/mol. The predicted molar refractivity (Wildman–Crippen MR) is 124 cm³/mol. The zero-order valence-corrected chi connectivity index (χ0v) is 19.2. The lowest BCUT2D eigenvalue weighted by molar-refractivity contribution is -0.117. The second kappa shape index (κ2) is 9.96. The van der Waals surface area contributed by atoms with Gasteiger partial charge in [-0.2, -0.15) is 8.42 Å². The van der Waals surface area contributed by atoms with E-state index < -0.39 is 16.1 Å². The molecule has 1 aliphatic rings. The quantitative estimate of drug-likeness (QED) is 0.358. The number of benzene rings is 3. The molecule has 1 aliphatic heterocycles. The van der Waals surface area contributed by atoms with Crippen molar-refractivity contribution in [3.8, 4) is 11.5 Å². The summed E-state index contributed by atoms with van der Waals surface area (Å²) >= 11 is 0. The van der Waals surface area contributed by atoms with Crippen LogP contribution in [0.4, 0.5) is 5.69 Å². The zero-order chi connectivity index (χ0) is 24.1. The molecule has 4 rings (SSSR count). The van der Waals surface area contributed by atoms with Crippen LogP contribution < -0.4 is 13.8 Å². The van der Waals surface area contributed by atoms with Gasteiger partial charge in [0, 0.05) is 24.6 Å². The van der Waals surface area contributed by atoms with Crippen molar-refractivity contribution in [1.29, 1.82) is 0 Å². The smallest absolute Gasteiger partial charge is 0.339 e. The number of amides is 1. The summed E-state index contributed by atoms with van der Waals surface area (Å²) < 4.78 is 40.4. The highest BCUT2D eigenvalue weighted by Gasteiger charge is 2.31. The lowest BCUT2D eigenvalue weighted by Gasteiger charge is -2.17. The van der Waals surface area contributed by atoms with Crippen LogP contribution in [0.3, 0.4) is 0 Å². The van der Waals surface area contributed by atoms with Crippen LogP contribution in [0.25, 0.3) is 0 Å². The maximum absolute atomic E-state index is 12.5. The second-order valence-electron chi connectivity index (χ2n) is 7.75. The minimum absolute atomic E-state index is 0.0119. The first-order valence-electron chi connectivity index (χ1n) is 10.6. The van der Waals surface area contributed by atoms with Crippen LogP contribution in [0.5, 0.6) is 11.5 Å². The summed E-state index contributed by atoms with van der Waals surface area (Å²) in [6.07, 6.45) is 0.334. The Balaban J connectivity index is 1.34. The summed E-state index contributed by atoms with van der Waals surface area (Å²) in [5.74, 6) is 0.286. The summed E-state index contributed by atoms with van der Waals surface area (Å²) in [6.45, 7) is 0.817. The van der Waals surface area contributed by atoms with E-state index in [0.717, 1.165) is 0 Å². The fourth-order valence-electron chi connectivity index (χ4n) is 3.61. The molecule has 0 aliphatic carbocycles. The van der Waals surface area contributed by atoms with Crippen LogP contribution >= 0.6 is 0 Å². The number of rotatable bonds is 8. The van der Waals surface area contributed by atoms with Gasteiger partial charge in [-0.15, -0.1) is 0 Å². The normalized spacial score (nSPS) is 15.7. The Morgan fingerprint density at radius 2 is 1.59 bits per heavy atom. The first-order chi connectivity index (χ1) is 16.4. The summed E-state index contributed by atoms with van der Waals surface area (Å²) in [5, 5.41) is 0. The van der Waals surface area contributed by atoms with E-state index in [1.54, 1.807) is 59.5 Å². The van der Waals surface area contributed by atoms with E-state index in [0.29, 0.717) is 36.6 Å². The van der Waals surface area contributed by atoms with Crippen molar-refractivity contribution in [2.45, 2.75) is 11.3 Å². The van der Waals surface area contributed by atoms with Gasteiger partial charge in [-0.25, -0.2) is 4.79 Å². The van der Waals surface area contributed by atoms with Gasteiger partial charge >= 0.3 is 16.1 Å². The molecule has 9 heteroatoms. The van der Waals surface area contributed by atoms with Crippen molar-refractivity contribution in [3.63, 3.8) is 0 Å². The lowest BCUT2D eigenvalue weighted by atomic mass is 10.1. The minimum atomic E-state index is -3.93. The average molecular weight is 482 g/mol. The van der Waals surface area contributed by atoms with E-state index in [-0.39, 0.29) is 22.5 Å². The first kappa shape index (κ1) is 23.3. The molecular formula is C25H23NO7S. The van der Waals surface area contributed by atoms with Gasteiger partial charge < -0.3 is 18.6 Å². The SMILES string of the molecule is COC(=O)c1ccc(OCC2CC(=O)N(c3ccc(OS(=O)(=O)c4ccccc4)cc3)C2)cc1. The molecule has 34 heavy (non-hydrogen) atoms. The van der Waals surface area contributed by atoms with E-state index in [1.165, 1.54) is 31.4 Å². The molecule has 1 atom stereocenters. The first-order valence-corrected chi connectivity index (χ1v) is 12.0. The van der Waals surface area contributed by atoms with Gasteiger partial charge in [0.2, 0.25) is 5.91 Å². The van der Waals surface area contributed by atoms with Gasteiger partial charge in [0.1, 0.15) is 16.4 Å². The molecule has 0 N–H and O–H groups in total. The molecule has 3 aromatic rings. The molecule has 1 heterocycles. The van der Waals surface area contributed by atoms with Gasteiger partial charge in [-0.3, -0.25) is 4.79 Å². The molecule has 0 bridgehead atoms. The van der Waals surface area contributed by atoms with Gasteiger partial charge in [-0.05, 0) is 60.7 Å².